The maximum absolute atomic E-state index is 13.6. The molecule has 0 radical (unpaired) electrons. The minimum Gasteiger partial charge on any atom is -0.325 e. The van der Waals surface area contributed by atoms with Gasteiger partial charge < -0.3 is 10.6 Å². The highest BCUT2D eigenvalue weighted by atomic mass is 35.5. The van der Waals surface area contributed by atoms with Crippen molar-refractivity contribution in [1.29, 1.82) is 0 Å². The van der Waals surface area contributed by atoms with Crippen LogP contribution in [0.4, 0.5) is 15.8 Å². The van der Waals surface area contributed by atoms with Crippen LogP contribution in [0.15, 0.2) is 42.5 Å². The van der Waals surface area contributed by atoms with Crippen LogP contribution in [0.25, 0.3) is 0 Å². The number of hydrogen-bond donors (Lipinski definition) is 2. The molecule has 25 heavy (non-hydrogen) atoms. The summed E-state index contributed by atoms with van der Waals surface area (Å²) >= 11 is 6.96. The Morgan fingerprint density at radius 3 is 2.52 bits per heavy atom. The molecule has 0 aromatic heterocycles. The first kappa shape index (κ1) is 19.3. The maximum atomic E-state index is 13.6. The lowest BCUT2D eigenvalue weighted by atomic mass is 10.2. The minimum atomic E-state index is -0.563. The van der Waals surface area contributed by atoms with Crippen LogP contribution in [0.1, 0.15) is 12.5 Å². The highest BCUT2D eigenvalue weighted by molar-refractivity contribution is 8.01. The normalized spacial score (nSPS) is 11.7. The van der Waals surface area contributed by atoms with E-state index in [-0.39, 0.29) is 17.3 Å². The number of hydrogen-bond acceptors (Lipinski definition) is 3. The number of anilines is 2. The number of halogens is 2. The summed E-state index contributed by atoms with van der Waals surface area (Å²) in [4.78, 5) is 24.1. The van der Waals surface area contributed by atoms with Crippen molar-refractivity contribution in [2.24, 2.45) is 0 Å². The van der Waals surface area contributed by atoms with Gasteiger partial charge in [-0.15, -0.1) is 11.8 Å². The fraction of sp³-hybridized carbons (Fsp3) is 0.222. The summed E-state index contributed by atoms with van der Waals surface area (Å²) in [6, 6.07) is 11.4. The van der Waals surface area contributed by atoms with Crippen LogP contribution in [0.5, 0.6) is 0 Å². The van der Waals surface area contributed by atoms with E-state index in [1.165, 1.54) is 18.2 Å². The van der Waals surface area contributed by atoms with E-state index in [2.05, 4.69) is 10.6 Å². The molecule has 0 aliphatic rings. The summed E-state index contributed by atoms with van der Waals surface area (Å²) < 4.78 is 13.6. The molecule has 2 amide bonds. The Balaban J connectivity index is 1.83. The van der Waals surface area contributed by atoms with Crippen molar-refractivity contribution in [3.63, 3.8) is 0 Å². The highest BCUT2D eigenvalue weighted by Crippen LogP contribution is 2.21. The lowest BCUT2D eigenvalue weighted by molar-refractivity contribution is -0.115. The first-order chi connectivity index (χ1) is 11.8. The van der Waals surface area contributed by atoms with Gasteiger partial charge in [0.25, 0.3) is 0 Å². The molecular weight excluding hydrogens is 363 g/mol. The van der Waals surface area contributed by atoms with Crippen molar-refractivity contribution in [3.05, 3.63) is 58.9 Å². The van der Waals surface area contributed by atoms with Crippen LogP contribution in [0.3, 0.4) is 0 Å². The van der Waals surface area contributed by atoms with Gasteiger partial charge in [-0.1, -0.05) is 29.3 Å². The molecule has 0 heterocycles. The highest BCUT2D eigenvalue weighted by Gasteiger charge is 2.17. The molecule has 0 aliphatic heterocycles. The van der Waals surface area contributed by atoms with Crippen LogP contribution in [0, 0.1) is 12.7 Å². The van der Waals surface area contributed by atoms with Gasteiger partial charge in [0.05, 0.1) is 16.7 Å². The Kier molecular flexibility index (Phi) is 6.84. The largest absolute Gasteiger partial charge is 0.325 e. The SMILES string of the molecule is Cc1ccc(NC(=O)CSC(C)C(=O)Nc2cc(Cl)ccc2F)cc1. The van der Waals surface area contributed by atoms with Crippen molar-refractivity contribution < 1.29 is 14.0 Å². The Labute approximate surface area is 155 Å². The van der Waals surface area contributed by atoms with Gasteiger partial charge in [-0.3, -0.25) is 9.59 Å². The van der Waals surface area contributed by atoms with E-state index in [4.69, 9.17) is 11.6 Å². The van der Waals surface area contributed by atoms with Crippen LogP contribution in [-0.2, 0) is 9.59 Å². The average molecular weight is 381 g/mol. The van der Waals surface area contributed by atoms with E-state index in [0.717, 1.165) is 17.3 Å². The number of nitrogens with one attached hydrogen (secondary N) is 2. The smallest absolute Gasteiger partial charge is 0.237 e. The molecule has 1 unspecified atom stereocenters. The molecule has 2 aromatic rings. The molecule has 0 spiro atoms. The number of carbonyl (C=O) groups is 2. The molecule has 0 saturated carbocycles. The van der Waals surface area contributed by atoms with E-state index >= 15 is 0 Å². The molecule has 1 atom stereocenters. The average Bonchev–Trinajstić information content (AvgIpc) is 2.58. The number of benzene rings is 2. The van der Waals surface area contributed by atoms with E-state index in [9.17, 15) is 14.0 Å². The van der Waals surface area contributed by atoms with Gasteiger partial charge in [0, 0.05) is 10.7 Å². The molecule has 0 saturated heterocycles. The summed E-state index contributed by atoms with van der Waals surface area (Å²) in [6.45, 7) is 3.62. The lowest BCUT2D eigenvalue weighted by Crippen LogP contribution is -2.25. The van der Waals surface area contributed by atoms with Crippen molar-refractivity contribution in [1.82, 2.24) is 0 Å². The van der Waals surface area contributed by atoms with E-state index in [1.54, 1.807) is 6.92 Å². The summed E-state index contributed by atoms with van der Waals surface area (Å²) in [5.74, 6) is -1.05. The predicted molar refractivity (Wildman–Crippen MR) is 102 cm³/mol. The fourth-order valence-electron chi connectivity index (χ4n) is 1.94. The third-order valence-corrected chi connectivity index (χ3v) is 4.73. The third kappa shape index (κ3) is 6.07. The third-order valence-electron chi connectivity index (χ3n) is 3.36. The van der Waals surface area contributed by atoms with Crippen LogP contribution in [-0.4, -0.2) is 22.8 Å². The van der Waals surface area contributed by atoms with Gasteiger partial charge in [-0.25, -0.2) is 4.39 Å². The molecule has 0 fully saturated rings. The second kappa shape index (κ2) is 8.87. The second-order valence-corrected chi connectivity index (χ2v) is 7.25. The van der Waals surface area contributed by atoms with E-state index < -0.39 is 17.0 Å². The van der Waals surface area contributed by atoms with E-state index in [1.807, 2.05) is 31.2 Å². The molecule has 2 N–H and O–H groups in total. The van der Waals surface area contributed by atoms with Crippen molar-refractivity contribution in [2.45, 2.75) is 19.1 Å². The summed E-state index contributed by atoms with van der Waals surface area (Å²) in [5.41, 5.74) is 1.83. The van der Waals surface area contributed by atoms with Crippen LogP contribution >= 0.6 is 23.4 Å². The van der Waals surface area contributed by atoms with Gasteiger partial charge >= 0.3 is 0 Å². The van der Waals surface area contributed by atoms with Gasteiger partial charge in [0.2, 0.25) is 11.8 Å². The standard InChI is InChI=1S/C18H18ClFN2O2S/c1-11-3-6-14(7-4-11)21-17(23)10-25-12(2)18(24)22-16-9-13(19)5-8-15(16)20/h3-9,12H,10H2,1-2H3,(H,21,23)(H,22,24). The van der Waals surface area contributed by atoms with Gasteiger partial charge in [0.1, 0.15) is 5.82 Å². The molecule has 7 heteroatoms. The molecule has 132 valence electrons. The number of carbonyl (C=O) groups excluding carboxylic acids is 2. The molecule has 0 bridgehead atoms. The van der Waals surface area contributed by atoms with Crippen molar-refractivity contribution in [3.8, 4) is 0 Å². The Morgan fingerprint density at radius 1 is 1.16 bits per heavy atom. The quantitative estimate of drug-likeness (QED) is 0.776. The molecule has 2 rings (SSSR count). The zero-order chi connectivity index (χ0) is 18.4. The van der Waals surface area contributed by atoms with Crippen LogP contribution in [0.2, 0.25) is 5.02 Å². The van der Waals surface area contributed by atoms with E-state index in [0.29, 0.717) is 10.7 Å². The molecular formula is C18H18ClFN2O2S. The zero-order valence-corrected chi connectivity index (χ0v) is 15.4. The number of amides is 2. The van der Waals surface area contributed by atoms with Crippen molar-refractivity contribution in [2.75, 3.05) is 16.4 Å². The summed E-state index contributed by atoms with van der Waals surface area (Å²) in [7, 11) is 0. The fourth-order valence-corrected chi connectivity index (χ4v) is 2.79. The first-order valence-corrected chi connectivity index (χ1v) is 9.02. The Morgan fingerprint density at radius 2 is 1.84 bits per heavy atom. The number of thioether (sulfide) groups is 1. The summed E-state index contributed by atoms with van der Waals surface area (Å²) in [5, 5.41) is 5.04. The van der Waals surface area contributed by atoms with Gasteiger partial charge in [-0.2, -0.15) is 0 Å². The monoisotopic (exact) mass is 380 g/mol. The van der Waals surface area contributed by atoms with Gasteiger partial charge in [-0.05, 0) is 44.2 Å². The topological polar surface area (TPSA) is 58.2 Å². The molecule has 4 nitrogen and oxygen atoms in total. The number of aryl methyl sites for hydroxylation is 1. The second-order valence-electron chi connectivity index (χ2n) is 5.48. The molecule has 2 aromatic carbocycles. The maximum Gasteiger partial charge on any atom is 0.237 e. The van der Waals surface area contributed by atoms with Crippen LogP contribution < -0.4 is 10.6 Å². The lowest BCUT2D eigenvalue weighted by Gasteiger charge is -2.13. The first-order valence-electron chi connectivity index (χ1n) is 7.59. The predicted octanol–water partition coefficient (Wildman–Crippen LogP) is 4.49. The Bertz CT molecular complexity index is 768. The van der Waals surface area contributed by atoms with Crippen molar-refractivity contribution >= 4 is 46.6 Å². The molecule has 0 aliphatic carbocycles. The summed E-state index contributed by atoms with van der Waals surface area (Å²) in [6.07, 6.45) is 0. The minimum absolute atomic E-state index is 0.0223. The Hall–Kier alpha value is -2.05. The van der Waals surface area contributed by atoms with Gasteiger partial charge in [0.15, 0.2) is 0 Å². The zero-order valence-electron chi connectivity index (χ0n) is 13.8. The number of rotatable bonds is 6.